The van der Waals surface area contributed by atoms with Crippen molar-refractivity contribution in [1.29, 1.82) is 0 Å². The second-order valence-electron chi connectivity index (χ2n) is 4.74. The Bertz CT molecular complexity index is 532. The molecule has 0 saturated heterocycles. The van der Waals surface area contributed by atoms with Gasteiger partial charge in [-0.2, -0.15) is 4.31 Å². The van der Waals surface area contributed by atoms with Crippen molar-refractivity contribution in [2.45, 2.75) is 38.3 Å². The molecular formula is C13H22N2O3S. The molecule has 0 aliphatic rings. The molecule has 0 saturated carbocycles. The van der Waals surface area contributed by atoms with Crippen molar-refractivity contribution >= 4 is 10.0 Å². The van der Waals surface area contributed by atoms with Crippen LogP contribution in [0.2, 0.25) is 0 Å². The van der Waals surface area contributed by atoms with Crippen LogP contribution >= 0.6 is 0 Å². The van der Waals surface area contributed by atoms with Crippen molar-refractivity contribution in [3.05, 3.63) is 30.2 Å². The van der Waals surface area contributed by atoms with Crippen molar-refractivity contribution in [3.63, 3.8) is 0 Å². The molecule has 1 N–H and O–H groups in total. The van der Waals surface area contributed by atoms with Crippen molar-refractivity contribution in [2.24, 2.45) is 0 Å². The van der Waals surface area contributed by atoms with Gasteiger partial charge >= 0.3 is 0 Å². The maximum absolute atomic E-state index is 12.3. The van der Waals surface area contributed by atoms with E-state index in [2.05, 4.69) is 11.9 Å². The Hall–Kier alpha value is -1.11. The average Bonchev–Trinajstić information content (AvgIpc) is 2.69. The monoisotopic (exact) mass is 286 g/mol. The minimum Gasteiger partial charge on any atom is -0.464 e. The lowest BCUT2D eigenvalue weighted by atomic mass is 10.3. The predicted molar refractivity (Wildman–Crippen MR) is 75.4 cm³/mol. The molecular weight excluding hydrogens is 264 g/mol. The first-order valence-corrected chi connectivity index (χ1v) is 7.63. The highest BCUT2D eigenvalue weighted by molar-refractivity contribution is 7.89. The van der Waals surface area contributed by atoms with Crippen LogP contribution in [0.5, 0.6) is 0 Å². The van der Waals surface area contributed by atoms with Gasteiger partial charge in [-0.25, -0.2) is 8.42 Å². The van der Waals surface area contributed by atoms with Gasteiger partial charge in [-0.3, -0.25) is 0 Å². The summed E-state index contributed by atoms with van der Waals surface area (Å²) in [4.78, 5) is 0.220. The van der Waals surface area contributed by atoms with Crippen LogP contribution in [0.25, 0.3) is 0 Å². The smallest absolute Gasteiger partial charge is 0.246 e. The van der Waals surface area contributed by atoms with E-state index in [0.29, 0.717) is 24.1 Å². The summed E-state index contributed by atoms with van der Waals surface area (Å²) in [6, 6.07) is 1.90. The number of hydrogen-bond donors (Lipinski definition) is 1. The lowest BCUT2D eigenvalue weighted by Crippen LogP contribution is -2.27. The van der Waals surface area contributed by atoms with Gasteiger partial charge in [0.1, 0.15) is 16.4 Å². The fourth-order valence-corrected chi connectivity index (χ4v) is 2.94. The van der Waals surface area contributed by atoms with Crippen LogP contribution in [0, 0.1) is 6.92 Å². The zero-order chi connectivity index (χ0) is 14.6. The summed E-state index contributed by atoms with van der Waals surface area (Å²) in [5, 5.41) is 3.19. The Kier molecular flexibility index (Phi) is 5.34. The first kappa shape index (κ1) is 15.9. The third kappa shape index (κ3) is 3.92. The van der Waals surface area contributed by atoms with E-state index in [4.69, 9.17) is 4.42 Å². The van der Waals surface area contributed by atoms with Crippen LogP contribution < -0.4 is 5.32 Å². The molecule has 19 heavy (non-hydrogen) atoms. The topological polar surface area (TPSA) is 62.6 Å². The predicted octanol–water partition coefficient (Wildman–Crippen LogP) is 1.89. The lowest BCUT2D eigenvalue weighted by molar-refractivity contribution is 0.442. The molecule has 108 valence electrons. The molecule has 1 aromatic rings. The van der Waals surface area contributed by atoms with E-state index in [0.717, 1.165) is 0 Å². The van der Waals surface area contributed by atoms with Gasteiger partial charge in [0.2, 0.25) is 10.0 Å². The maximum Gasteiger partial charge on any atom is 0.246 e. The Labute approximate surface area is 115 Å². The SMILES string of the molecule is C=CCN(C)S(=O)(=O)c1cc(CNC(C)C)oc1C. The summed E-state index contributed by atoms with van der Waals surface area (Å²) in [5.74, 6) is 1.04. The molecule has 0 aromatic carbocycles. The van der Waals surface area contributed by atoms with E-state index in [9.17, 15) is 8.42 Å². The number of furan rings is 1. The minimum atomic E-state index is -3.51. The largest absolute Gasteiger partial charge is 0.464 e. The molecule has 1 heterocycles. The van der Waals surface area contributed by atoms with E-state index in [-0.39, 0.29) is 11.4 Å². The van der Waals surface area contributed by atoms with Gasteiger partial charge in [-0.15, -0.1) is 6.58 Å². The average molecular weight is 286 g/mol. The number of aryl methyl sites for hydroxylation is 1. The van der Waals surface area contributed by atoms with Crippen molar-refractivity contribution in [3.8, 4) is 0 Å². The fourth-order valence-electron chi connectivity index (χ4n) is 1.62. The highest BCUT2D eigenvalue weighted by atomic mass is 32.2. The number of likely N-dealkylation sites (N-methyl/N-ethyl adjacent to an activating group) is 1. The van der Waals surface area contributed by atoms with Gasteiger partial charge in [0, 0.05) is 25.7 Å². The summed E-state index contributed by atoms with van der Waals surface area (Å²) < 4.78 is 31.3. The number of nitrogens with one attached hydrogen (secondary N) is 1. The summed E-state index contributed by atoms with van der Waals surface area (Å²) in [6.45, 7) is 10.0. The van der Waals surface area contributed by atoms with Gasteiger partial charge in [-0.1, -0.05) is 19.9 Å². The van der Waals surface area contributed by atoms with Gasteiger partial charge in [-0.05, 0) is 6.92 Å². The molecule has 0 amide bonds. The van der Waals surface area contributed by atoms with E-state index in [1.54, 1.807) is 19.1 Å². The molecule has 0 aliphatic heterocycles. The second kappa shape index (κ2) is 6.36. The first-order chi connectivity index (χ1) is 8.78. The number of hydrogen-bond acceptors (Lipinski definition) is 4. The van der Waals surface area contributed by atoms with Crippen molar-refractivity contribution in [2.75, 3.05) is 13.6 Å². The van der Waals surface area contributed by atoms with Crippen LogP contribution in [-0.2, 0) is 16.6 Å². The number of rotatable bonds is 7. The molecule has 0 unspecified atom stereocenters. The summed E-state index contributed by atoms with van der Waals surface area (Å²) in [7, 11) is -1.99. The van der Waals surface area contributed by atoms with Crippen molar-refractivity contribution < 1.29 is 12.8 Å². The van der Waals surface area contributed by atoms with Gasteiger partial charge in [0.05, 0.1) is 6.54 Å². The third-order valence-corrected chi connectivity index (χ3v) is 4.61. The lowest BCUT2D eigenvalue weighted by Gasteiger charge is -2.13. The molecule has 0 radical (unpaired) electrons. The van der Waals surface area contributed by atoms with Crippen LogP contribution in [0.3, 0.4) is 0 Å². The second-order valence-corrected chi connectivity index (χ2v) is 6.76. The Morgan fingerprint density at radius 1 is 1.53 bits per heavy atom. The summed E-state index contributed by atoms with van der Waals surface area (Å²) in [5.41, 5.74) is 0. The van der Waals surface area contributed by atoms with Crippen LogP contribution in [0.1, 0.15) is 25.4 Å². The molecule has 6 heteroatoms. The maximum atomic E-state index is 12.3. The van der Waals surface area contributed by atoms with E-state index >= 15 is 0 Å². The van der Waals surface area contributed by atoms with Crippen LogP contribution in [0.4, 0.5) is 0 Å². The normalized spacial score (nSPS) is 12.3. The third-order valence-electron chi connectivity index (χ3n) is 2.68. The molecule has 1 aromatic heterocycles. The quantitative estimate of drug-likeness (QED) is 0.778. The summed E-state index contributed by atoms with van der Waals surface area (Å²) >= 11 is 0. The van der Waals surface area contributed by atoms with Gasteiger partial charge in [0.15, 0.2) is 0 Å². The number of nitrogens with zero attached hydrogens (tertiary/aromatic N) is 1. The van der Waals surface area contributed by atoms with Crippen LogP contribution in [-0.4, -0.2) is 32.4 Å². The van der Waals surface area contributed by atoms with E-state index < -0.39 is 10.0 Å². The molecule has 0 spiro atoms. The van der Waals surface area contributed by atoms with E-state index in [1.807, 2.05) is 13.8 Å². The molecule has 1 rings (SSSR count). The minimum absolute atomic E-state index is 0.220. The Balaban J connectivity index is 2.98. The fraction of sp³-hybridized carbons (Fsp3) is 0.538. The molecule has 0 fully saturated rings. The molecule has 0 aliphatic carbocycles. The van der Waals surface area contributed by atoms with Crippen molar-refractivity contribution in [1.82, 2.24) is 9.62 Å². The van der Waals surface area contributed by atoms with Gasteiger partial charge < -0.3 is 9.73 Å². The molecule has 0 bridgehead atoms. The van der Waals surface area contributed by atoms with E-state index in [1.165, 1.54) is 11.4 Å². The standard InChI is InChI=1S/C13H22N2O3S/c1-6-7-15(5)19(16,17)13-8-12(18-11(13)4)9-14-10(2)3/h6,8,10,14H,1,7,9H2,2-5H3. The Morgan fingerprint density at radius 3 is 2.68 bits per heavy atom. The Morgan fingerprint density at radius 2 is 2.16 bits per heavy atom. The zero-order valence-corrected chi connectivity index (χ0v) is 12.8. The van der Waals surface area contributed by atoms with Crippen LogP contribution in [0.15, 0.2) is 28.0 Å². The number of sulfonamides is 1. The first-order valence-electron chi connectivity index (χ1n) is 6.19. The summed E-state index contributed by atoms with van der Waals surface area (Å²) in [6.07, 6.45) is 1.55. The highest BCUT2D eigenvalue weighted by Gasteiger charge is 2.25. The molecule has 0 atom stereocenters. The highest BCUT2D eigenvalue weighted by Crippen LogP contribution is 2.23. The molecule has 5 nitrogen and oxygen atoms in total. The zero-order valence-electron chi connectivity index (χ0n) is 11.9. The van der Waals surface area contributed by atoms with Gasteiger partial charge in [0.25, 0.3) is 0 Å².